The maximum absolute atomic E-state index is 6.06. The minimum Gasteiger partial charge on any atom is -0.329 e. The van der Waals surface area contributed by atoms with Gasteiger partial charge in [0.05, 0.1) is 0 Å². The van der Waals surface area contributed by atoms with Gasteiger partial charge in [0, 0.05) is 24.2 Å². The van der Waals surface area contributed by atoms with Crippen LogP contribution in [0.5, 0.6) is 0 Å². The third-order valence-electron chi connectivity index (χ3n) is 2.57. The van der Waals surface area contributed by atoms with Crippen molar-refractivity contribution in [1.82, 2.24) is 5.32 Å². The van der Waals surface area contributed by atoms with Gasteiger partial charge in [0.25, 0.3) is 0 Å². The van der Waals surface area contributed by atoms with Crippen LogP contribution in [0, 0.1) is 5.92 Å². The van der Waals surface area contributed by atoms with Gasteiger partial charge in [0.15, 0.2) is 0 Å². The highest BCUT2D eigenvalue weighted by atomic mass is 35.5. The van der Waals surface area contributed by atoms with Crippen molar-refractivity contribution < 1.29 is 0 Å². The van der Waals surface area contributed by atoms with Crippen molar-refractivity contribution in [2.75, 3.05) is 6.54 Å². The average Bonchev–Trinajstić information content (AvgIpc) is 2.21. The zero-order valence-corrected chi connectivity index (χ0v) is 10.1. The molecule has 0 aliphatic heterocycles. The summed E-state index contributed by atoms with van der Waals surface area (Å²) in [5.74, 6) is 0.539. The fraction of sp³-hybridized carbons (Fsp3) is 0.500. The van der Waals surface area contributed by atoms with Gasteiger partial charge in [-0.3, -0.25) is 0 Å². The van der Waals surface area contributed by atoms with Crippen LogP contribution in [0.25, 0.3) is 0 Å². The molecule has 3 N–H and O–H groups in total. The molecule has 2 nitrogen and oxygen atoms in total. The monoisotopic (exact) mass is 226 g/mol. The molecule has 0 bridgehead atoms. The molecule has 1 rings (SSSR count). The van der Waals surface area contributed by atoms with Gasteiger partial charge in [-0.2, -0.15) is 0 Å². The molecule has 0 saturated heterocycles. The van der Waals surface area contributed by atoms with Crippen molar-refractivity contribution in [2.45, 2.75) is 26.4 Å². The van der Waals surface area contributed by atoms with E-state index in [1.165, 1.54) is 0 Å². The first-order valence-corrected chi connectivity index (χ1v) is 5.69. The van der Waals surface area contributed by atoms with Gasteiger partial charge in [-0.1, -0.05) is 43.6 Å². The van der Waals surface area contributed by atoms with Gasteiger partial charge < -0.3 is 11.1 Å². The van der Waals surface area contributed by atoms with E-state index < -0.39 is 0 Å². The summed E-state index contributed by atoms with van der Waals surface area (Å²) in [6.07, 6.45) is 0. The molecule has 0 aromatic heterocycles. The van der Waals surface area contributed by atoms with E-state index in [1.54, 1.807) is 0 Å². The summed E-state index contributed by atoms with van der Waals surface area (Å²) in [7, 11) is 0. The minimum atomic E-state index is 0.348. The Morgan fingerprint density at radius 2 is 2.00 bits per heavy atom. The largest absolute Gasteiger partial charge is 0.329 e. The molecule has 84 valence electrons. The van der Waals surface area contributed by atoms with Gasteiger partial charge in [0.1, 0.15) is 0 Å². The Balaban J connectivity index is 2.53. The summed E-state index contributed by atoms with van der Waals surface area (Å²) in [6.45, 7) is 5.76. The maximum atomic E-state index is 6.06. The van der Waals surface area contributed by atoms with Crippen molar-refractivity contribution in [3.8, 4) is 0 Å². The van der Waals surface area contributed by atoms with Crippen molar-refractivity contribution in [3.05, 3.63) is 34.9 Å². The van der Waals surface area contributed by atoms with Crippen molar-refractivity contribution in [1.29, 1.82) is 0 Å². The summed E-state index contributed by atoms with van der Waals surface area (Å²) >= 11 is 6.06. The smallest absolute Gasteiger partial charge is 0.0450 e. The summed E-state index contributed by atoms with van der Waals surface area (Å²) < 4.78 is 0. The number of hydrogen-bond donors (Lipinski definition) is 2. The molecule has 15 heavy (non-hydrogen) atoms. The van der Waals surface area contributed by atoms with Crippen molar-refractivity contribution in [2.24, 2.45) is 11.7 Å². The van der Waals surface area contributed by atoms with E-state index in [2.05, 4.69) is 19.2 Å². The molecular weight excluding hydrogens is 208 g/mol. The van der Waals surface area contributed by atoms with Crippen LogP contribution in [-0.2, 0) is 6.54 Å². The van der Waals surface area contributed by atoms with Crippen LogP contribution >= 0.6 is 11.6 Å². The van der Waals surface area contributed by atoms with E-state index in [9.17, 15) is 0 Å². The zero-order valence-electron chi connectivity index (χ0n) is 9.33. The standard InChI is InChI=1S/C12H19ClN2/c1-9(2)12(7-14)15-8-10-5-3-4-6-11(10)13/h3-6,9,12,15H,7-8,14H2,1-2H3. The fourth-order valence-electron chi connectivity index (χ4n) is 1.47. The number of nitrogens with two attached hydrogens (primary N) is 1. The van der Waals surface area contributed by atoms with E-state index in [-0.39, 0.29) is 0 Å². The van der Waals surface area contributed by atoms with Gasteiger partial charge in [-0.05, 0) is 17.5 Å². The van der Waals surface area contributed by atoms with Crippen LogP contribution in [0.15, 0.2) is 24.3 Å². The highest BCUT2D eigenvalue weighted by molar-refractivity contribution is 6.31. The summed E-state index contributed by atoms with van der Waals surface area (Å²) in [5, 5.41) is 4.23. The lowest BCUT2D eigenvalue weighted by Gasteiger charge is -2.20. The Hall–Kier alpha value is -0.570. The predicted octanol–water partition coefficient (Wildman–Crippen LogP) is 2.41. The van der Waals surface area contributed by atoms with E-state index in [1.807, 2.05) is 24.3 Å². The minimum absolute atomic E-state index is 0.348. The lowest BCUT2D eigenvalue weighted by molar-refractivity contribution is 0.405. The third-order valence-corrected chi connectivity index (χ3v) is 2.94. The van der Waals surface area contributed by atoms with Gasteiger partial charge in [-0.25, -0.2) is 0 Å². The summed E-state index contributed by atoms with van der Waals surface area (Å²) in [6, 6.07) is 8.22. The first kappa shape index (κ1) is 12.5. The lowest BCUT2D eigenvalue weighted by atomic mass is 10.0. The molecule has 1 aromatic rings. The second-order valence-electron chi connectivity index (χ2n) is 4.06. The molecule has 0 amide bonds. The molecular formula is C12H19ClN2. The second-order valence-corrected chi connectivity index (χ2v) is 4.47. The van der Waals surface area contributed by atoms with Crippen LogP contribution in [0.3, 0.4) is 0 Å². The number of benzene rings is 1. The SMILES string of the molecule is CC(C)C(CN)NCc1ccccc1Cl. The van der Waals surface area contributed by atoms with Crippen LogP contribution in [0.2, 0.25) is 5.02 Å². The fourth-order valence-corrected chi connectivity index (χ4v) is 1.68. The molecule has 0 aliphatic carbocycles. The van der Waals surface area contributed by atoms with Gasteiger partial charge >= 0.3 is 0 Å². The molecule has 1 aromatic carbocycles. The Kier molecular flexibility index (Phi) is 5.09. The number of halogens is 1. The Bertz CT molecular complexity index is 299. The zero-order chi connectivity index (χ0) is 11.3. The molecule has 0 heterocycles. The maximum Gasteiger partial charge on any atom is 0.0450 e. The van der Waals surface area contributed by atoms with Crippen LogP contribution in [0.1, 0.15) is 19.4 Å². The predicted molar refractivity (Wildman–Crippen MR) is 66.0 cm³/mol. The van der Waals surface area contributed by atoms with Crippen LogP contribution in [-0.4, -0.2) is 12.6 Å². The molecule has 1 atom stereocenters. The van der Waals surface area contributed by atoms with E-state index >= 15 is 0 Å². The second kappa shape index (κ2) is 6.11. The van der Waals surface area contributed by atoms with E-state index in [0.29, 0.717) is 18.5 Å². The quantitative estimate of drug-likeness (QED) is 0.810. The summed E-state index contributed by atoms with van der Waals surface area (Å²) in [5.41, 5.74) is 6.80. The molecule has 0 spiro atoms. The van der Waals surface area contributed by atoms with Crippen LogP contribution in [0.4, 0.5) is 0 Å². The number of rotatable bonds is 5. The topological polar surface area (TPSA) is 38.0 Å². The third kappa shape index (κ3) is 3.82. The molecule has 0 saturated carbocycles. The molecule has 3 heteroatoms. The Morgan fingerprint density at radius 1 is 1.33 bits per heavy atom. The van der Waals surface area contributed by atoms with Crippen LogP contribution < -0.4 is 11.1 Å². The number of hydrogen-bond acceptors (Lipinski definition) is 2. The Morgan fingerprint density at radius 3 is 2.53 bits per heavy atom. The lowest BCUT2D eigenvalue weighted by Crippen LogP contribution is -2.39. The Labute approximate surface area is 96.8 Å². The highest BCUT2D eigenvalue weighted by Gasteiger charge is 2.10. The van der Waals surface area contributed by atoms with Gasteiger partial charge in [-0.15, -0.1) is 0 Å². The van der Waals surface area contributed by atoms with E-state index in [4.69, 9.17) is 17.3 Å². The van der Waals surface area contributed by atoms with Crippen molar-refractivity contribution in [3.63, 3.8) is 0 Å². The molecule has 0 aliphatic rings. The highest BCUT2D eigenvalue weighted by Crippen LogP contribution is 2.14. The first-order valence-electron chi connectivity index (χ1n) is 5.32. The molecule has 0 radical (unpaired) electrons. The van der Waals surface area contributed by atoms with Crippen molar-refractivity contribution >= 4 is 11.6 Å². The normalized spacial score (nSPS) is 13.1. The molecule has 0 fully saturated rings. The molecule has 1 unspecified atom stereocenters. The van der Waals surface area contributed by atoms with Gasteiger partial charge in [0.2, 0.25) is 0 Å². The number of nitrogens with one attached hydrogen (secondary N) is 1. The van der Waals surface area contributed by atoms with E-state index in [0.717, 1.165) is 17.1 Å². The average molecular weight is 227 g/mol. The first-order chi connectivity index (χ1) is 7.15. The summed E-state index contributed by atoms with van der Waals surface area (Å²) in [4.78, 5) is 0.